The van der Waals surface area contributed by atoms with Crippen LogP contribution in [0.5, 0.6) is 0 Å². The number of aryl methyl sites for hydroxylation is 1. The molecule has 1 aromatic carbocycles. The number of nitrogens with one attached hydrogen (secondary N) is 1. The van der Waals surface area contributed by atoms with Crippen molar-refractivity contribution in [2.75, 3.05) is 6.54 Å². The Kier molecular flexibility index (Phi) is 8.10. The Morgan fingerprint density at radius 1 is 1.21 bits per heavy atom. The Morgan fingerprint density at radius 3 is 2.41 bits per heavy atom. The van der Waals surface area contributed by atoms with Crippen molar-refractivity contribution in [1.82, 2.24) is 18.8 Å². The van der Waals surface area contributed by atoms with Crippen LogP contribution in [0.15, 0.2) is 61.7 Å². The van der Waals surface area contributed by atoms with Gasteiger partial charge in [0.05, 0.1) is 21.0 Å². The van der Waals surface area contributed by atoms with Crippen LogP contribution in [0.2, 0.25) is 0 Å². The Balaban J connectivity index is 1.81. The molecule has 1 unspecified atom stereocenters. The molecule has 8 nitrogen and oxygen atoms in total. The van der Waals surface area contributed by atoms with Gasteiger partial charge in [0.1, 0.15) is 16.5 Å². The van der Waals surface area contributed by atoms with Gasteiger partial charge in [0.15, 0.2) is 0 Å². The molecule has 0 saturated carbocycles. The number of hydrogen-bond donors (Lipinski definition) is 1. The highest BCUT2D eigenvalue weighted by atomic mass is 79.9. The van der Waals surface area contributed by atoms with Crippen molar-refractivity contribution < 1.29 is 30.6 Å². The van der Waals surface area contributed by atoms with Crippen molar-refractivity contribution in [1.29, 1.82) is 0 Å². The highest BCUT2D eigenvalue weighted by molar-refractivity contribution is 9.13. The molecule has 0 aliphatic carbocycles. The molecule has 2 heterocycles. The van der Waals surface area contributed by atoms with Crippen molar-refractivity contribution in [2.24, 2.45) is 7.05 Å². The number of alkyl halides is 3. The molecule has 184 valence electrons. The molecule has 15 heteroatoms. The molecule has 3 rings (SSSR count). The van der Waals surface area contributed by atoms with E-state index in [0.29, 0.717) is 14.8 Å². The van der Waals surface area contributed by atoms with Crippen LogP contribution in [0, 0.1) is 0 Å². The van der Waals surface area contributed by atoms with Crippen LogP contribution in [0.3, 0.4) is 0 Å². The SMILES string of the molecule is Cn1c(C(=O)NCCCc2cnc(S(=O)c3ccccc3)n2S(=O)(=O)C(F)(F)F)cc(Br)c1Br. The lowest BCUT2D eigenvalue weighted by molar-refractivity contribution is -0.0449. The minimum atomic E-state index is -5.89. The summed E-state index contributed by atoms with van der Waals surface area (Å²) in [5.41, 5.74) is -5.58. The van der Waals surface area contributed by atoms with E-state index < -0.39 is 37.4 Å². The minimum Gasteiger partial charge on any atom is -0.351 e. The summed E-state index contributed by atoms with van der Waals surface area (Å²) in [4.78, 5) is 16.2. The highest BCUT2D eigenvalue weighted by Gasteiger charge is 2.49. The molecule has 2 aromatic heterocycles. The maximum atomic E-state index is 13.4. The number of imidazole rings is 1. The maximum absolute atomic E-state index is 13.4. The molecule has 1 atom stereocenters. The van der Waals surface area contributed by atoms with Gasteiger partial charge in [-0.1, -0.05) is 18.2 Å². The number of nitrogens with zero attached hydrogens (tertiary/aromatic N) is 3. The molecule has 0 aliphatic rings. The molecule has 0 bridgehead atoms. The molecule has 0 fully saturated rings. The van der Waals surface area contributed by atoms with Gasteiger partial charge in [-0.2, -0.15) is 21.6 Å². The topological polar surface area (TPSA) is 103 Å². The van der Waals surface area contributed by atoms with E-state index >= 15 is 0 Å². The van der Waals surface area contributed by atoms with Crippen LogP contribution < -0.4 is 5.32 Å². The largest absolute Gasteiger partial charge is 0.517 e. The summed E-state index contributed by atoms with van der Waals surface area (Å²) in [5, 5.41) is 1.88. The molecule has 34 heavy (non-hydrogen) atoms. The number of aromatic nitrogens is 3. The molecule has 1 amide bonds. The normalized spacial score (nSPS) is 13.1. The lowest BCUT2D eigenvalue weighted by Crippen LogP contribution is -2.32. The fourth-order valence-corrected chi connectivity index (χ4v) is 6.20. The number of benzene rings is 1. The third-order valence-electron chi connectivity index (χ3n) is 4.66. The summed E-state index contributed by atoms with van der Waals surface area (Å²) in [6.07, 6.45) is 0.886. The fourth-order valence-electron chi connectivity index (χ4n) is 2.98. The van der Waals surface area contributed by atoms with Crippen molar-refractivity contribution in [3.05, 3.63) is 63.1 Å². The van der Waals surface area contributed by atoms with E-state index in [1.165, 1.54) is 24.3 Å². The van der Waals surface area contributed by atoms with Gasteiger partial charge in [-0.05, 0) is 62.9 Å². The zero-order valence-corrected chi connectivity index (χ0v) is 22.1. The summed E-state index contributed by atoms with van der Waals surface area (Å²) < 4.78 is 80.4. The second-order valence-corrected chi connectivity index (χ2v) is 11.7. The molecule has 1 N–H and O–H groups in total. The number of rotatable bonds is 8. The third-order valence-corrected chi connectivity index (χ3v) is 9.66. The zero-order valence-electron chi connectivity index (χ0n) is 17.3. The van der Waals surface area contributed by atoms with E-state index in [1.807, 2.05) is 0 Å². The van der Waals surface area contributed by atoms with Crippen LogP contribution in [-0.2, 0) is 34.3 Å². The van der Waals surface area contributed by atoms with Crippen LogP contribution in [0.4, 0.5) is 13.2 Å². The Labute approximate surface area is 212 Å². The first-order chi connectivity index (χ1) is 15.9. The van der Waals surface area contributed by atoms with Crippen LogP contribution in [0.1, 0.15) is 22.6 Å². The van der Waals surface area contributed by atoms with E-state index in [0.717, 1.165) is 6.20 Å². The van der Waals surface area contributed by atoms with E-state index in [-0.39, 0.29) is 33.9 Å². The van der Waals surface area contributed by atoms with E-state index in [4.69, 9.17) is 0 Å². The molecule has 3 aromatic rings. The first-order valence-corrected chi connectivity index (χ1v) is 13.7. The van der Waals surface area contributed by atoms with E-state index in [2.05, 4.69) is 42.2 Å². The van der Waals surface area contributed by atoms with Crippen molar-refractivity contribution in [3.8, 4) is 0 Å². The quantitative estimate of drug-likeness (QED) is 0.374. The lowest BCUT2D eigenvalue weighted by Gasteiger charge is -2.14. The van der Waals surface area contributed by atoms with Crippen molar-refractivity contribution >= 4 is 58.6 Å². The van der Waals surface area contributed by atoms with Gasteiger partial charge in [-0.25, -0.2) is 13.2 Å². The predicted molar refractivity (Wildman–Crippen MR) is 125 cm³/mol. The summed E-state index contributed by atoms with van der Waals surface area (Å²) in [7, 11) is -6.50. The molecule has 0 spiro atoms. The Morgan fingerprint density at radius 2 is 1.85 bits per heavy atom. The number of amides is 1. The number of carbonyl (C=O) groups is 1. The molecular formula is C19H17Br2F3N4O4S2. The van der Waals surface area contributed by atoms with Gasteiger partial charge >= 0.3 is 15.5 Å². The van der Waals surface area contributed by atoms with E-state index in [9.17, 15) is 30.6 Å². The van der Waals surface area contributed by atoms with Crippen LogP contribution >= 0.6 is 31.9 Å². The second kappa shape index (κ2) is 10.3. The average molecular weight is 646 g/mol. The minimum absolute atomic E-state index is 0.0106. The number of carbonyl (C=O) groups excluding carboxylic acids is 1. The number of hydrogen-bond acceptors (Lipinski definition) is 5. The second-order valence-electron chi connectivity index (χ2n) is 6.92. The predicted octanol–water partition coefficient (Wildman–Crippen LogP) is 3.97. The third kappa shape index (κ3) is 5.31. The van der Waals surface area contributed by atoms with Gasteiger partial charge in [-0.15, -0.1) is 0 Å². The highest BCUT2D eigenvalue weighted by Crippen LogP contribution is 2.30. The van der Waals surface area contributed by atoms with Gasteiger partial charge < -0.3 is 9.88 Å². The average Bonchev–Trinajstić information content (AvgIpc) is 3.33. The van der Waals surface area contributed by atoms with Crippen LogP contribution in [0.25, 0.3) is 0 Å². The monoisotopic (exact) mass is 644 g/mol. The molecule has 0 aliphatic heterocycles. The Bertz CT molecular complexity index is 1340. The van der Waals surface area contributed by atoms with Crippen molar-refractivity contribution in [2.45, 2.75) is 28.4 Å². The summed E-state index contributed by atoms with van der Waals surface area (Å²) >= 11 is 6.60. The summed E-state index contributed by atoms with van der Waals surface area (Å²) in [6.45, 7) is 0.0492. The van der Waals surface area contributed by atoms with Gasteiger partial charge in [0.25, 0.3) is 5.91 Å². The fraction of sp³-hybridized carbons (Fsp3) is 0.263. The Hall–Kier alpha value is -1.97. The summed E-state index contributed by atoms with van der Waals surface area (Å²) in [6, 6.07) is 9.04. The standard InChI is InChI=1S/C19H17Br2F3N4O4S2/c1-27-15(10-14(20)16(27)21)17(29)25-9-5-6-12-11-26-18(28(12)34(31,32)19(22,23)24)33(30)13-7-3-2-4-8-13/h2-4,7-8,10-11H,5-6,9H2,1H3,(H,25,29). The van der Waals surface area contributed by atoms with Gasteiger partial charge in [-0.3, -0.25) is 4.79 Å². The lowest BCUT2D eigenvalue weighted by atomic mass is 10.2. The molecular weight excluding hydrogens is 629 g/mol. The first-order valence-electron chi connectivity index (χ1n) is 9.50. The van der Waals surface area contributed by atoms with Gasteiger partial charge in [0, 0.05) is 18.5 Å². The first kappa shape index (κ1) is 26.6. The summed E-state index contributed by atoms with van der Waals surface area (Å²) in [5.74, 6) is -0.420. The number of halogens is 5. The van der Waals surface area contributed by atoms with Gasteiger partial charge in [0.2, 0.25) is 5.16 Å². The smallest absolute Gasteiger partial charge is 0.351 e. The molecule has 0 radical (unpaired) electrons. The molecule has 0 saturated heterocycles. The van der Waals surface area contributed by atoms with Crippen LogP contribution in [-0.4, -0.2) is 44.1 Å². The van der Waals surface area contributed by atoms with Crippen molar-refractivity contribution in [3.63, 3.8) is 0 Å². The van der Waals surface area contributed by atoms with E-state index in [1.54, 1.807) is 23.7 Å². The zero-order chi connectivity index (χ0) is 25.3. The maximum Gasteiger partial charge on any atom is 0.517 e.